The summed E-state index contributed by atoms with van der Waals surface area (Å²) in [5, 5.41) is 10.8. The van der Waals surface area contributed by atoms with E-state index in [9.17, 15) is 0 Å². The third-order valence-corrected chi connectivity index (χ3v) is 3.80. The van der Waals surface area contributed by atoms with Crippen molar-refractivity contribution in [3.05, 3.63) is 30.3 Å². The maximum absolute atomic E-state index is 4.36. The second-order valence-corrected chi connectivity index (χ2v) is 5.14. The summed E-state index contributed by atoms with van der Waals surface area (Å²) < 4.78 is 0. The maximum Gasteiger partial charge on any atom is 0.130 e. The van der Waals surface area contributed by atoms with Gasteiger partial charge in [0.05, 0.1) is 5.69 Å². The molecule has 0 N–H and O–H groups in total. The average Bonchev–Trinajstić information content (AvgIpc) is 2.83. The average molecular weight is 244 g/mol. The highest BCUT2D eigenvalue weighted by atomic mass is 15.7. The third-order valence-electron chi connectivity index (χ3n) is 3.80. The molecule has 4 heteroatoms. The third kappa shape index (κ3) is 2.12. The largest absolute Gasteiger partial charge is 0.280 e. The van der Waals surface area contributed by atoms with Crippen molar-refractivity contribution in [2.75, 3.05) is 18.1 Å². The monoisotopic (exact) mass is 244 g/mol. The molecule has 0 aliphatic carbocycles. The van der Waals surface area contributed by atoms with Crippen molar-refractivity contribution >= 4 is 5.69 Å². The number of para-hydroxylation sites is 1. The van der Waals surface area contributed by atoms with E-state index < -0.39 is 0 Å². The number of hydrogen-bond acceptors (Lipinski definition) is 4. The first kappa shape index (κ1) is 11.7. The molecule has 2 aliphatic rings. The summed E-state index contributed by atoms with van der Waals surface area (Å²) in [6, 6.07) is 10.6. The molecule has 0 aromatic heterocycles. The van der Waals surface area contributed by atoms with Crippen molar-refractivity contribution in [1.82, 2.24) is 4.90 Å². The van der Waals surface area contributed by atoms with Gasteiger partial charge in [-0.1, -0.05) is 29.8 Å². The summed E-state index contributed by atoms with van der Waals surface area (Å²) in [4.78, 5) is 2.53. The Kier molecular flexibility index (Phi) is 3.28. The molecule has 0 bridgehead atoms. The molecule has 3 rings (SSSR count). The topological polar surface area (TPSA) is 31.2 Å². The number of benzene rings is 1. The van der Waals surface area contributed by atoms with Crippen LogP contribution in [0.25, 0.3) is 0 Å². The number of piperidine rings is 1. The Bertz CT molecular complexity index is 411. The molecule has 1 saturated heterocycles. The van der Waals surface area contributed by atoms with Crippen LogP contribution < -0.4 is 5.01 Å². The molecule has 2 heterocycles. The predicted octanol–water partition coefficient (Wildman–Crippen LogP) is 3.07. The predicted molar refractivity (Wildman–Crippen MR) is 72.5 cm³/mol. The Balaban J connectivity index is 1.82. The van der Waals surface area contributed by atoms with E-state index in [1.54, 1.807) is 0 Å². The molecular formula is C14H20N4. The molecule has 2 atom stereocenters. The van der Waals surface area contributed by atoms with E-state index in [1.165, 1.54) is 32.4 Å². The molecule has 0 saturated carbocycles. The van der Waals surface area contributed by atoms with Crippen molar-refractivity contribution in [3.63, 3.8) is 0 Å². The first-order valence-corrected chi connectivity index (χ1v) is 6.85. The summed E-state index contributed by atoms with van der Waals surface area (Å²) >= 11 is 0. The molecule has 96 valence electrons. The van der Waals surface area contributed by atoms with Crippen LogP contribution in [0, 0.1) is 0 Å². The second kappa shape index (κ2) is 5.06. The minimum Gasteiger partial charge on any atom is -0.280 e. The summed E-state index contributed by atoms with van der Waals surface area (Å²) in [5.41, 5.74) is 1.14. The number of anilines is 1. The van der Waals surface area contributed by atoms with Gasteiger partial charge in [0, 0.05) is 13.1 Å². The molecule has 1 aromatic carbocycles. The van der Waals surface area contributed by atoms with E-state index in [2.05, 4.69) is 51.4 Å². The maximum atomic E-state index is 4.36. The molecule has 0 amide bonds. The van der Waals surface area contributed by atoms with Gasteiger partial charge in [0.2, 0.25) is 0 Å². The summed E-state index contributed by atoms with van der Waals surface area (Å²) in [6.45, 7) is 4.50. The van der Waals surface area contributed by atoms with E-state index in [4.69, 9.17) is 0 Å². The van der Waals surface area contributed by atoms with E-state index in [0.29, 0.717) is 6.17 Å². The van der Waals surface area contributed by atoms with Crippen LogP contribution in [-0.4, -0.2) is 30.2 Å². The van der Waals surface area contributed by atoms with Crippen LogP contribution in [0.5, 0.6) is 0 Å². The zero-order valence-electron chi connectivity index (χ0n) is 10.9. The summed E-state index contributed by atoms with van der Waals surface area (Å²) in [7, 11) is 0. The van der Waals surface area contributed by atoms with Crippen LogP contribution in [0.1, 0.15) is 26.2 Å². The van der Waals surface area contributed by atoms with Gasteiger partial charge in [-0.15, -0.1) is 0 Å². The SMILES string of the molecule is CC1N=NN(c2ccccc2)C1N1CCCCC1. The van der Waals surface area contributed by atoms with Gasteiger partial charge in [0.1, 0.15) is 12.2 Å². The zero-order valence-corrected chi connectivity index (χ0v) is 10.9. The Morgan fingerprint density at radius 2 is 1.78 bits per heavy atom. The van der Waals surface area contributed by atoms with Gasteiger partial charge in [0.25, 0.3) is 0 Å². The lowest BCUT2D eigenvalue weighted by molar-refractivity contribution is 0.155. The number of likely N-dealkylation sites (tertiary alicyclic amines) is 1. The minimum absolute atomic E-state index is 0.253. The van der Waals surface area contributed by atoms with Crippen molar-refractivity contribution < 1.29 is 0 Å². The van der Waals surface area contributed by atoms with Gasteiger partial charge in [-0.05, 0) is 31.9 Å². The lowest BCUT2D eigenvalue weighted by Gasteiger charge is -2.37. The fraction of sp³-hybridized carbons (Fsp3) is 0.571. The van der Waals surface area contributed by atoms with Crippen LogP contribution in [0.15, 0.2) is 40.7 Å². The van der Waals surface area contributed by atoms with Crippen molar-refractivity contribution in [2.24, 2.45) is 10.3 Å². The normalized spacial score (nSPS) is 28.8. The van der Waals surface area contributed by atoms with Crippen LogP contribution >= 0.6 is 0 Å². The smallest absolute Gasteiger partial charge is 0.130 e. The fourth-order valence-corrected chi connectivity index (χ4v) is 2.88. The van der Waals surface area contributed by atoms with Gasteiger partial charge in [0.15, 0.2) is 0 Å². The van der Waals surface area contributed by atoms with Gasteiger partial charge in [-0.3, -0.25) is 4.90 Å². The molecule has 0 spiro atoms. The molecule has 1 aromatic rings. The quantitative estimate of drug-likeness (QED) is 0.800. The van der Waals surface area contributed by atoms with Crippen LogP contribution in [0.3, 0.4) is 0 Å². The zero-order chi connectivity index (χ0) is 12.4. The second-order valence-electron chi connectivity index (χ2n) is 5.14. The number of nitrogens with zero attached hydrogens (tertiary/aromatic N) is 4. The Morgan fingerprint density at radius 3 is 2.50 bits per heavy atom. The summed E-state index contributed by atoms with van der Waals surface area (Å²) in [6.07, 6.45) is 4.25. The minimum atomic E-state index is 0.253. The summed E-state index contributed by atoms with van der Waals surface area (Å²) in [5.74, 6) is 0. The van der Waals surface area contributed by atoms with E-state index in [0.717, 1.165) is 5.69 Å². The lowest BCUT2D eigenvalue weighted by Crippen LogP contribution is -2.50. The Hall–Kier alpha value is -1.42. The van der Waals surface area contributed by atoms with E-state index >= 15 is 0 Å². The van der Waals surface area contributed by atoms with Crippen molar-refractivity contribution in [2.45, 2.75) is 38.4 Å². The van der Waals surface area contributed by atoms with Crippen LogP contribution in [-0.2, 0) is 0 Å². The lowest BCUT2D eigenvalue weighted by atomic mass is 10.1. The first-order valence-electron chi connectivity index (χ1n) is 6.85. The van der Waals surface area contributed by atoms with Gasteiger partial charge < -0.3 is 0 Å². The molecule has 1 fully saturated rings. The highest BCUT2D eigenvalue weighted by molar-refractivity contribution is 5.46. The first-order chi connectivity index (χ1) is 8.86. The van der Waals surface area contributed by atoms with Crippen LogP contribution in [0.4, 0.5) is 5.69 Å². The Morgan fingerprint density at radius 1 is 1.06 bits per heavy atom. The van der Waals surface area contributed by atoms with Gasteiger partial charge >= 0.3 is 0 Å². The van der Waals surface area contributed by atoms with Gasteiger partial charge in [-0.2, -0.15) is 5.11 Å². The van der Waals surface area contributed by atoms with Gasteiger partial charge in [-0.25, -0.2) is 5.01 Å². The van der Waals surface area contributed by atoms with Crippen molar-refractivity contribution in [3.8, 4) is 0 Å². The molecule has 2 aliphatic heterocycles. The molecule has 0 radical (unpaired) electrons. The highest BCUT2D eigenvalue weighted by Crippen LogP contribution is 2.29. The fourth-order valence-electron chi connectivity index (χ4n) is 2.88. The van der Waals surface area contributed by atoms with E-state index in [-0.39, 0.29) is 6.04 Å². The van der Waals surface area contributed by atoms with Crippen molar-refractivity contribution in [1.29, 1.82) is 0 Å². The van der Waals surface area contributed by atoms with Crippen LogP contribution in [0.2, 0.25) is 0 Å². The highest BCUT2D eigenvalue weighted by Gasteiger charge is 2.35. The number of hydrogen-bond donors (Lipinski definition) is 0. The molecule has 18 heavy (non-hydrogen) atoms. The standard InChI is InChI=1S/C14H20N4/c1-12-14(17-10-6-3-7-11-17)18(16-15-12)13-8-4-2-5-9-13/h2,4-5,8-9,12,14H,3,6-7,10-11H2,1H3. The Labute approximate surface area is 108 Å². The van der Waals surface area contributed by atoms with E-state index in [1.807, 2.05) is 6.07 Å². The molecular weight excluding hydrogens is 224 g/mol. The molecule has 4 nitrogen and oxygen atoms in total. The molecule has 2 unspecified atom stereocenters. The number of rotatable bonds is 2.